The first kappa shape index (κ1) is 12.2. The molecule has 0 amide bonds. The van der Waals surface area contributed by atoms with E-state index in [4.69, 9.17) is 5.73 Å². The summed E-state index contributed by atoms with van der Waals surface area (Å²) in [6.45, 7) is 3.70. The summed E-state index contributed by atoms with van der Waals surface area (Å²) in [5, 5.41) is 2.99. The second-order valence-electron chi connectivity index (χ2n) is 4.15. The van der Waals surface area contributed by atoms with Gasteiger partial charge in [-0.15, -0.1) is 11.3 Å². The van der Waals surface area contributed by atoms with E-state index >= 15 is 0 Å². The fraction of sp³-hybridized carbons (Fsp3) is 0.308. The van der Waals surface area contributed by atoms with Crippen LogP contribution in [0, 0.1) is 19.7 Å². The molecule has 2 rings (SSSR count). The highest BCUT2D eigenvalue weighted by Gasteiger charge is 2.14. The predicted octanol–water partition coefficient (Wildman–Crippen LogP) is 3.14. The summed E-state index contributed by atoms with van der Waals surface area (Å²) in [5.74, 6) is -0.202. The van der Waals surface area contributed by atoms with Crippen molar-refractivity contribution in [1.29, 1.82) is 0 Å². The van der Waals surface area contributed by atoms with E-state index in [0.717, 1.165) is 10.7 Å². The summed E-state index contributed by atoms with van der Waals surface area (Å²) < 4.78 is 13.9. The predicted molar refractivity (Wildman–Crippen MR) is 68.6 cm³/mol. The zero-order valence-corrected chi connectivity index (χ0v) is 10.7. The molecule has 0 saturated heterocycles. The first-order valence-corrected chi connectivity index (χ1v) is 6.37. The average Bonchev–Trinajstić information content (AvgIpc) is 2.68. The van der Waals surface area contributed by atoms with Gasteiger partial charge in [0.25, 0.3) is 0 Å². The van der Waals surface area contributed by atoms with Gasteiger partial charge in [0.15, 0.2) is 0 Å². The molecule has 1 atom stereocenters. The maximum atomic E-state index is 13.9. The summed E-state index contributed by atoms with van der Waals surface area (Å²) in [6.07, 6.45) is 0.574. The Hall–Kier alpha value is -1.26. The van der Waals surface area contributed by atoms with Gasteiger partial charge in [0.2, 0.25) is 0 Å². The molecule has 0 fully saturated rings. The molecule has 1 unspecified atom stereocenters. The Bertz CT molecular complexity index is 522. The number of nitrogens with zero attached hydrogens (tertiary/aromatic N) is 1. The van der Waals surface area contributed by atoms with Crippen LogP contribution in [0.2, 0.25) is 0 Å². The number of hydrogen-bond acceptors (Lipinski definition) is 3. The summed E-state index contributed by atoms with van der Waals surface area (Å²) in [4.78, 5) is 4.34. The Balaban J connectivity index is 2.20. The van der Waals surface area contributed by atoms with Crippen LogP contribution in [0.25, 0.3) is 0 Å². The van der Waals surface area contributed by atoms with Crippen LogP contribution in [0.4, 0.5) is 4.39 Å². The fourth-order valence-electron chi connectivity index (χ4n) is 1.79. The largest absolute Gasteiger partial charge is 0.324 e. The normalized spacial score (nSPS) is 12.7. The highest BCUT2D eigenvalue weighted by molar-refractivity contribution is 7.09. The second-order valence-corrected chi connectivity index (χ2v) is 5.21. The zero-order chi connectivity index (χ0) is 12.4. The van der Waals surface area contributed by atoms with Gasteiger partial charge in [0.05, 0.1) is 10.7 Å². The van der Waals surface area contributed by atoms with Crippen molar-refractivity contribution in [3.8, 4) is 0 Å². The highest BCUT2D eigenvalue weighted by atomic mass is 32.1. The van der Waals surface area contributed by atoms with E-state index < -0.39 is 0 Å². The van der Waals surface area contributed by atoms with Crippen LogP contribution < -0.4 is 5.73 Å². The van der Waals surface area contributed by atoms with Crippen molar-refractivity contribution < 1.29 is 4.39 Å². The van der Waals surface area contributed by atoms with E-state index in [-0.39, 0.29) is 11.9 Å². The van der Waals surface area contributed by atoms with Crippen molar-refractivity contribution in [2.45, 2.75) is 26.3 Å². The van der Waals surface area contributed by atoms with E-state index in [1.807, 2.05) is 18.4 Å². The molecular formula is C13H15FN2S. The van der Waals surface area contributed by atoms with Crippen molar-refractivity contribution in [3.63, 3.8) is 0 Å². The molecule has 0 aliphatic carbocycles. The number of nitrogens with two attached hydrogens (primary N) is 1. The molecule has 1 heterocycles. The van der Waals surface area contributed by atoms with Crippen LogP contribution in [-0.4, -0.2) is 4.98 Å². The summed E-state index contributed by atoms with van der Waals surface area (Å²) in [6, 6.07) is 4.99. The van der Waals surface area contributed by atoms with Gasteiger partial charge in [0.1, 0.15) is 5.82 Å². The maximum absolute atomic E-state index is 13.9. The average molecular weight is 250 g/mol. The number of aromatic nitrogens is 1. The van der Waals surface area contributed by atoms with Crippen molar-refractivity contribution in [2.75, 3.05) is 0 Å². The molecule has 1 aromatic carbocycles. The van der Waals surface area contributed by atoms with E-state index in [1.165, 1.54) is 0 Å². The maximum Gasteiger partial charge on any atom is 0.130 e. The lowest BCUT2D eigenvalue weighted by Gasteiger charge is -2.12. The van der Waals surface area contributed by atoms with Crippen LogP contribution in [-0.2, 0) is 6.42 Å². The van der Waals surface area contributed by atoms with E-state index in [1.54, 1.807) is 30.4 Å². The Morgan fingerprint density at radius 1 is 1.41 bits per heavy atom. The van der Waals surface area contributed by atoms with Gasteiger partial charge >= 0.3 is 0 Å². The molecule has 0 saturated carbocycles. The first-order chi connectivity index (χ1) is 8.08. The molecule has 0 radical (unpaired) electrons. The molecular weight excluding hydrogens is 235 g/mol. The molecule has 0 aliphatic rings. The number of halogens is 1. The second kappa shape index (κ2) is 4.94. The summed E-state index contributed by atoms with van der Waals surface area (Å²) >= 11 is 1.59. The number of thiazole rings is 1. The molecule has 2 N–H and O–H groups in total. The molecule has 1 aromatic heterocycles. The lowest BCUT2D eigenvalue weighted by atomic mass is 10.0. The lowest BCUT2D eigenvalue weighted by Crippen LogP contribution is -2.15. The van der Waals surface area contributed by atoms with Gasteiger partial charge in [-0.2, -0.15) is 0 Å². The quantitative estimate of drug-likeness (QED) is 0.909. The van der Waals surface area contributed by atoms with Gasteiger partial charge in [-0.05, 0) is 19.4 Å². The number of benzene rings is 1. The third-order valence-electron chi connectivity index (χ3n) is 2.72. The summed E-state index contributed by atoms with van der Waals surface area (Å²) in [5.41, 5.74) is 8.16. The van der Waals surface area contributed by atoms with Gasteiger partial charge in [-0.1, -0.05) is 18.2 Å². The van der Waals surface area contributed by atoms with Crippen molar-refractivity contribution in [3.05, 3.63) is 51.2 Å². The number of hydrogen-bond donors (Lipinski definition) is 1. The topological polar surface area (TPSA) is 38.9 Å². The Kier molecular flexibility index (Phi) is 3.54. The Labute approximate surface area is 104 Å². The van der Waals surface area contributed by atoms with Crippen molar-refractivity contribution in [1.82, 2.24) is 4.98 Å². The van der Waals surface area contributed by atoms with Crippen molar-refractivity contribution in [2.24, 2.45) is 5.73 Å². The molecule has 90 valence electrons. The molecule has 0 spiro atoms. The lowest BCUT2D eigenvalue weighted by molar-refractivity contribution is 0.571. The minimum atomic E-state index is -0.337. The first-order valence-electron chi connectivity index (χ1n) is 5.49. The van der Waals surface area contributed by atoms with Gasteiger partial charge in [-0.3, -0.25) is 0 Å². The van der Waals surface area contributed by atoms with Crippen LogP contribution >= 0.6 is 11.3 Å². The van der Waals surface area contributed by atoms with Crippen LogP contribution in [0.15, 0.2) is 23.6 Å². The highest BCUT2D eigenvalue weighted by Crippen LogP contribution is 2.21. The smallest absolute Gasteiger partial charge is 0.130 e. The number of aryl methyl sites for hydroxylation is 2. The van der Waals surface area contributed by atoms with Crippen molar-refractivity contribution >= 4 is 11.3 Å². The minimum absolute atomic E-state index is 0.202. The van der Waals surface area contributed by atoms with Crippen LogP contribution in [0.1, 0.15) is 27.9 Å². The molecule has 2 nitrogen and oxygen atoms in total. The molecule has 4 heteroatoms. The van der Waals surface area contributed by atoms with E-state index in [0.29, 0.717) is 17.5 Å². The van der Waals surface area contributed by atoms with Crippen LogP contribution in [0.5, 0.6) is 0 Å². The third kappa shape index (κ3) is 2.70. The number of rotatable bonds is 3. The molecule has 2 aromatic rings. The monoisotopic (exact) mass is 250 g/mol. The summed E-state index contributed by atoms with van der Waals surface area (Å²) in [7, 11) is 0. The SMILES string of the molecule is Cc1nc(CC(N)c2cccc(C)c2F)cs1. The van der Waals surface area contributed by atoms with Gasteiger partial charge < -0.3 is 5.73 Å². The molecule has 17 heavy (non-hydrogen) atoms. The standard InChI is InChI=1S/C13H15FN2S/c1-8-4-3-5-11(13(8)14)12(15)6-10-7-17-9(2)16-10/h3-5,7,12H,6,15H2,1-2H3. The minimum Gasteiger partial charge on any atom is -0.324 e. The molecule has 0 aliphatic heterocycles. The Morgan fingerprint density at radius 2 is 2.18 bits per heavy atom. The van der Waals surface area contributed by atoms with Gasteiger partial charge in [0, 0.05) is 23.4 Å². The Morgan fingerprint density at radius 3 is 2.82 bits per heavy atom. The zero-order valence-electron chi connectivity index (χ0n) is 9.90. The van der Waals surface area contributed by atoms with Gasteiger partial charge in [-0.25, -0.2) is 9.37 Å². The molecule has 0 bridgehead atoms. The fourth-order valence-corrected chi connectivity index (χ4v) is 2.42. The van der Waals surface area contributed by atoms with Crippen LogP contribution in [0.3, 0.4) is 0 Å². The van der Waals surface area contributed by atoms with E-state index in [2.05, 4.69) is 4.98 Å². The van der Waals surface area contributed by atoms with E-state index in [9.17, 15) is 4.39 Å². The third-order valence-corrected chi connectivity index (χ3v) is 3.54.